The maximum atomic E-state index is 5.32. The van der Waals surface area contributed by atoms with Crippen LogP contribution in [-0.4, -0.2) is 25.6 Å². The molecule has 0 atom stereocenters. The maximum absolute atomic E-state index is 5.32. The fourth-order valence-corrected chi connectivity index (χ4v) is 2.55. The lowest BCUT2D eigenvalue weighted by Gasteiger charge is -1.81. The minimum absolute atomic E-state index is 0.00926. The summed E-state index contributed by atoms with van der Waals surface area (Å²) in [5.74, 6) is 0. The van der Waals surface area contributed by atoms with Crippen molar-refractivity contribution in [2.24, 2.45) is 0 Å². The molecule has 0 radical (unpaired) electrons. The molecule has 0 aromatic rings. The van der Waals surface area contributed by atoms with Crippen LogP contribution < -0.4 is 4.65 Å². The van der Waals surface area contributed by atoms with Gasteiger partial charge in [0, 0.05) is 5.50 Å². The molecule has 5 heavy (non-hydrogen) atoms. The molecule has 1 nitrogen and oxygen atoms in total. The topological polar surface area (TPSA) is 12.0 Å². The van der Waals surface area contributed by atoms with Gasteiger partial charge in [0.25, 0.3) is 0 Å². The minimum atomic E-state index is 0.00926. The maximum Gasteiger partial charge on any atom is 0.0998 e. The van der Waals surface area contributed by atoms with E-state index in [0.29, 0.717) is 0 Å². The second-order valence-electron chi connectivity index (χ2n) is 0.793. The first kappa shape index (κ1) is 5.68. The highest BCUT2D eigenvalue weighted by Gasteiger charge is 1.69. The fourth-order valence-electron chi connectivity index (χ4n) is 0.0945. The Morgan fingerprint density at radius 3 is 2.60 bits per heavy atom. The molecule has 0 aliphatic carbocycles. The molecule has 0 unspecified atom stereocenters. The second kappa shape index (κ2) is 4.68. The Morgan fingerprint density at radius 1 is 2.00 bits per heavy atom. The quantitative estimate of drug-likeness (QED) is 0.337. The largest absolute Gasteiger partial charge is 0.371 e. The lowest BCUT2D eigenvalue weighted by atomic mass is 11.9. The molecular formula is CH8ClNSi2. The molecule has 0 aliphatic heterocycles. The van der Waals surface area contributed by atoms with Gasteiger partial charge in [0.2, 0.25) is 0 Å². The van der Waals surface area contributed by atoms with E-state index in [1.807, 2.05) is 0 Å². The van der Waals surface area contributed by atoms with E-state index in [4.69, 9.17) is 11.6 Å². The summed E-state index contributed by atoms with van der Waals surface area (Å²) in [5.41, 5.74) is 0.878. The molecule has 0 aliphatic rings. The number of alkyl halides is 1. The average molecular weight is 126 g/mol. The molecule has 0 aromatic heterocycles. The molecule has 0 bridgehead atoms. The monoisotopic (exact) mass is 125 g/mol. The van der Waals surface area contributed by atoms with Gasteiger partial charge in [-0.3, -0.25) is 0 Å². The van der Waals surface area contributed by atoms with E-state index < -0.39 is 0 Å². The van der Waals surface area contributed by atoms with E-state index in [2.05, 4.69) is 4.65 Å². The minimum Gasteiger partial charge on any atom is -0.371 e. The van der Waals surface area contributed by atoms with Crippen LogP contribution in [0.1, 0.15) is 0 Å². The summed E-state index contributed by atoms with van der Waals surface area (Å²) in [6.07, 6.45) is 0. The Hall–Kier alpha value is 0.684. The van der Waals surface area contributed by atoms with Gasteiger partial charge in [-0.1, -0.05) is 0 Å². The predicted molar refractivity (Wildman–Crippen MR) is 32.3 cm³/mol. The molecule has 4 heteroatoms. The predicted octanol–water partition coefficient (Wildman–Crippen LogP) is -1.86. The van der Waals surface area contributed by atoms with Crippen molar-refractivity contribution in [3.8, 4) is 0 Å². The zero-order chi connectivity index (χ0) is 4.12. The van der Waals surface area contributed by atoms with Gasteiger partial charge in [-0.15, -0.1) is 11.6 Å². The van der Waals surface area contributed by atoms with E-state index in [1.165, 1.54) is 0 Å². The zero-order valence-corrected chi connectivity index (χ0v) is 7.46. The summed E-state index contributed by atoms with van der Waals surface area (Å²) >= 11 is 5.32. The Bertz CT molecular complexity index is 17.1. The van der Waals surface area contributed by atoms with Gasteiger partial charge in [-0.25, -0.2) is 0 Å². The van der Waals surface area contributed by atoms with Crippen molar-refractivity contribution in [3.63, 3.8) is 0 Å². The highest BCUT2D eigenvalue weighted by atomic mass is 35.5. The number of hydrogen-bond acceptors (Lipinski definition) is 1. The molecular weight excluding hydrogens is 118 g/mol. The van der Waals surface area contributed by atoms with E-state index >= 15 is 0 Å². The van der Waals surface area contributed by atoms with Gasteiger partial charge in [0.05, 0.1) is 20.1 Å². The van der Waals surface area contributed by atoms with Gasteiger partial charge in [-0.05, 0) is 0 Å². The Morgan fingerprint density at radius 2 is 2.60 bits per heavy atom. The van der Waals surface area contributed by atoms with Gasteiger partial charge >= 0.3 is 0 Å². The molecule has 0 saturated heterocycles. The smallest absolute Gasteiger partial charge is 0.0998 e. The molecule has 0 rings (SSSR count). The first-order valence-corrected chi connectivity index (χ1v) is 4.86. The van der Waals surface area contributed by atoms with Crippen molar-refractivity contribution < 1.29 is 0 Å². The van der Waals surface area contributed by atoms with Crippen LogP contribution in [0.5, 0.6) is 0 Å². The molecule has 32 valence electrons. The van der Waals surface area contributed by atoms with Gasteiger partial charge in [0.1, 0.15) is 0 Å². The molecule has 0 spiro atoms. The average Bonchev–Trinajstić information content (AvgIpc) is 1.41. The number of halogens is 1. The zero-order valence-electron chi connectivity index (χ0n) is 3.29. The standard InChI is InChI=1S/CH8ClNSi2/c2-1-5-3-4/h3H,1,5H2,4H3. The molecule has 0 fully saturated rings. The third-order valence-electron chi connectivity index (χ3n) is 0.344. The fraction of sp³-hybridized carbons (Fsp3) is 1.00. The Balaban J connectivity index is 2.19. The lowest BCUT2D eigenvalue weighted by molar-refractivity contribution is 1.61. The van der Waals surface area contributed by atoms with Crippen LogP contribution in [0.25, 0.3) is 0 Å². The van der Waals surface area contributed by atoms with Crippen molar-refractivity contribution in [2.45, 2.75) is 0 Å². The van der Waals surface area contributed by atoms with Crippen molar-refractivity contribution in [1.82, 2.24) is 4.65 Å². The van der Waals surface area contributed by atoms with Crippen LogP contribution in [-0.2, 0) is 0 Å². The van der Waals surface area contributed by atoms with Crippen LogP contribution in [0.3, 0.4) is 0 Å². The van der Waals surface area contributed by atoms with Crippen molar-refractivity contribution in [1.29, 1.82) is 0 Å². The summed E-state index contributed by atoms with van der Waals surface area (Å²) in [4.78, 5) is 0. The molecule has 0 amide bonds. The number of nitrogens with one attached hydrogen (secondary N) is 1. The van der Waals surface area contributed by atoms with Crippen LogP contribution in [0.4, 0.5) is 0 Å². The Kier molecular flexibility index (Phi) is 5.32. The lowest BCUT2D eigenvalue weighted by Crippen LogP contribution is -2.15. The van der Waals surface area contributed by atoms with E-state index in [9.17, 15) is 0 Å². The van der Waals surface area contributed by atoms with Gasteiger partial charge < -0.3 is 4.65 Å². The number of hydrogen-bond donors (Lipinski definition) is 1. The van der Waals surface area contributed by atoms with Crippen LogP contribution in [0.2, 0.25) is 0 Å². The summed E-state index contributed by atoms with van der Waals surface area (Å²) in [7, 11) is 1.14. The van der Waals surface area contributed by atoms with Crippen LogP contribution in [0.15, 0.2) is 0 Å². The van der Waals surface area contributed by atoms with Crippen molar-refractivity contribution in [2.75, 3.05) is 5.50 Å². The molecule has 0 aromatic carbocycles. The summed E-state index contributed by atoms with van der Waals surface area (Å²) in [6.45, 7) is 0. The Labute approximate surface area is 42.5 Å². The first-order chi connectivity index (χ1) is 2.41. The summed E-state index contributed by atoms with van der Waals surface area (Å²) in [5, 5.41) is 0. The molecule has 0 saturated carbocycles. The van der Waals surface area contributed by atoms with Gasteiger partial charge in [0.15, 0.2) is 0 Å². The highest BCUT2D eigenvalue weighted by Crippen LogP contribution is 1.60. The number of rotatable bonds is 2. The van der Waals surface area contributed by atoms with E-state index in [-0.39, 0.29) is 9.68 Å². The highest BCUT2D eigenvalue weighted by molar-refractivity contribution is 6.52. The van der Waals surface area contributed by atoms with E-state index in [1.54, 1.807) is 0 Å². The first-order valence-electron chi connectivity index (χ1n) is 1.62. The summed E-state index contributed by atoms with van der Waals surface area (Å²) in [6, 6.07) is 0. The second-order valence-corrected chi connectivity index (χ2v) is 5.63. The molecule has 0 heterocycles. The van der Waals surface area contributed by atoms with Crippen molar-refractivity contribution in [3.05, 3.63) is 0 Å². The molecule has 1 N–H and O–H groups in total. The summed E-state index contributed by atoms with van der Waals surface area (Å²) < 4.78 is 3.16. The normalized spacial score (nSPS) is 11.4. The SMILES string of the molecule is [SiH3]N[SiH2]CCl. The van der Waals surface area contributed by atoms with Crippen LogP contribution >= 0.6 is 11.6 Å². The third kappa shape index (κ3) is 4.68. The van der Waals surface area contributed by atoms with E-state index in [0.717, 1.165) is 15.9 Å². The van der Waals surface area contributed by atoms with Crippen molar-refractivity contribution >= 4 is 31.7 Å². The van der Waals surface area contributed by atoms with Gasteiger partial charge in [-0.2, -0.15) is 0 Å². The third-order valence-corrected chi connectivity index (χ3v) is 3.10. The van der Waals surface area contributed by atoms with Crippen LogP contribution in [0, 0.1) is 0 Å².